The van der Waals surface area contributed by atoms with E-state index < -0.39 is 36.2 Å². The molecule has 2 aromatic carbocycles. The number of amides is 2. The monoisotopic (exact) mass is 356 g/mol. The van der Waals surface area contributed by atoms with Gasteiger partial charge in [-0.1, -0.05) is 12.1 Å². The third-order valence-electron chi connectivity index (χ3n) is 3.66. The van der Waals surface area contributed by atoms with Gasteiger partial charge in [0.1, 0.15) is 5.82 Å². The second-order valence-corrected chi connectivity index (χ2v) is 5.37. The number of nitrogens with one attached hydrogen (secondary N) is 1. The van der Waals surface area contributed by atoms with Crippen molar-refractivity contribution in [3.63, 3.8) is 0 Å². The van der Waals surface area contributed by atoms with Gasteiger partial charge in [0.25, 0.3) is 0 Å². The fourth-order valence-electron chi connectivity index (χ4n) is 2.26. The Bertz CT molecular complexity index is 732. The van der Waals surface area contributed by atoms with Crippen LogP contribution in [0.2, 0.25) is 0 Å². The molecule has 0 spiro atoms. The molecule has 2 rings (SSSR count). The lowest BCUT2D eigenvalue weighted by Crippen LogP contribution is -2.36. The van der Waals surface area contributed by atoms with Crippen LogP contribution in [0.15, 0.2) is 48.5 Å². The summed E-state index contributed by atoms with van der Waals surface area (Å²) >= 11 is 0. The first-order valence-electron chi connectivity index (χ1n) is 7.29. The minimum atomic E-state index is -4.46. The summed E-state index contributed by atoms with van der Waals surface area (Å²) in [6.07, 6.45) is -4.46. The molecule has 0 saturated heterocycles. The lowest BCUT2D eigenvalue weighted by Gasteiger charge is -2.27. The number of likely N-dealkylation sites (N-methyl/N-ethyl adjacent to an activating group) is 1. The Kier molecular flexibility index (Phi) is 5.63. The predicted molar refractivity (Wildman–Crippen MR) is 84.5 cm³/mol. The molecule has 0 unspecified atom stereocenters. The van der Waals surface area contributed by atoms with E-state index in [1.165, 1.54) is 25.2 Å². The number of nitrogens with zero attached hydrogens (tertiary/aromatic N) is 1. The minimum absolute atomic E-state index is 0.167. The second kappa shape index (κ2) is 7.52. The largest absolute Gasteiger partial charge is 0.416 e. The first kappa shape index (κ1) is 18.7. The van der Waals surface area contributed by atoms with E-state index in [9.17, 15) is 27.5 Å². The molecule has 0 fully saturated rings. The Morgan fingerprint density at radius 2 is 1.84 bits per heavy atom. The highest BCUT2D eigenvalue weighted by atomic mass is 19.4. The van der Waals surface area contributed by atoms with Gasteiger partial charge >= 0.3 is 12.2 Å². The Labute approximate surface area is 141 Å². The van der Waals surface area contributed by atoms with Crippen molar-refractivity contribution in [2.45, 2.75) is 12.2 Å². The summed E-state index contributed by atoms with van der Waals surface area (Å²) in [4.78, 5) is 13.4. The lowest BCUT2D eigenvalue weighted by atomic mass is 10.1. The van der Waals surface area contributed by atoms with E-state index in [0.29, 0.717) is 5.56 Å². The van der Waals surface area contributed by atoms with Crippen LogP contribution in [0.25, 0.3) is 0 Å². The molecule has 0 aliphatic carbocycles. The van der Waals surface area contributed by atoms with Crippen molar-refractivity contribution in [2.24, 2.45) is 0 Å². The number of anilines is 1. The van der Waals surface area contributed by atoms with Crippen LogP contribution in [0.1, 0.15) is 17.2 Å². The van der Waals surface area contributed by atoms with Gasteiger partial charge in [0.2, 0.25) is 0 Å². The Morgan fingerprint density at radius 1 is 1.20 bits per heavy atom. The van der Waals surface area contributed by atoms with E-state index in [0.717, 1.165) is 29.2 Å². The number of alkyl halides is 3. The summed E-state index contributed by atoms with van der Waals surface area (Å²) in [5.74, 6) is -0.507. The van der Waals surface area contributed by atoms with Crippen LogP contribution in [0.4, 0.5) is 28.0 Å². The van der Waals surface area contributed by atoms with Crippen LogP contribution in [0, 0.1) is 5.82 Å². The van der Waals surface area contributed by atoms with E-state index in [4.69, 9.17) is 0 Å². The molecule has 2 N–H and O–H groups in total. The molecular weight excluding hydrogens is 340 g/mol. The Morgan fingerprint density at radius 3 is 2.36 bits per heavy atom. The molecule has 134 valence electrons. The number of hydrogen-bond acceptors (Lipinski definition) is 2. The van der Waals surface area contributed by atoms with Crippen molar-refractivity contribution < 1.29 is 27.5 Å². The Balaban J connectivity index is 2.11. The number of aliphatic hydroxyl groups is 1. The molecule has 0 aliphatic heterocycles. The van der Waals surface area contributed by atoms with Crippen LogP contribution in [-0.2, 0) is 6.18 Å². The van der Waals surface area contributed by atoms with Crippen LogP contribution in [0.5, 0.6) is 0 Å². The van der Waals surface area contributed by atoms with E-state index in [-0.39, 0.29) is 5.69 Å². The molecule has 0 heterocycles. The van der Waals surface area contributed by atoms with Crippen molar-refractivity contribution in [3.8, 4) is 0 Å². The van der Waals surface area contributed by atoms with E-state index in [2.05, 4.69) is 5.32 Å². The zero-order valence-electron chi connectivity index (χ0n) is 13.2. The predicted octanol–water partition coefficient (Wildman–Crippen LogP) is 4.04. The third kappa shape index (κ3) is 4.69. The normalized spacial score (nSPS) is 12.6. The van der Waals surface area contributed by atoms with Crippen molar-refractivity contribution in [1.82, 2.24) is 4.90 Å². The maximum atomic E-state index is 13.3. The fourth-order valence-corrected chi connectivity index (χ4v) is 2.26. The number of hydrogen-bond donors (Lipinski definition) is 2. The molecule has 2 amide bonds. The number of aliphatic hydroxyl groups excluding tert-OH is 1. The van der Waals surface area contributed by atoms with Gasteiger partial charge in [-0.25, -0.2) is 9.18 Å². The van der Waals surface area contributed by atoms with Gasteiger partial charge in [0.15, 0.2) is 0 Å². The van der Waals surface area contributed by atoms with Gasteiger partial charge in [-0.05, 0) is 42.0 Å². The van der Waals surface area contributed by atoms with Crippen LogP contribution < -0.4 is 5.32 Å². The summed E-state index contributed by atoms with van der Waals surface area (Å²) < 4.78 is 50.9. The van der Waals surface area contributed by atoms with Gasteiger partial charge < -0.3 is 15.3 Å². The second-order valence-electron chi connectivity index (χ2n) is 5.37. The van der Waals surface area contributed by atoms with Crippen molar-refractivity contribution in [3.05, 3.63) is 65.5 Å². The quantitative estimate of drug-likeness (QED) is 0.813. The molecule has 0 aliphatic rings. The summed E-state index contributed by atoms with van der Waals surface area (Å²) in [5, 5.41) is 11.9. The number of halogens is 4. The minimum Gasteiger partial charge on any atom is -0.394 e. The van der Waals surface area contributed by atoms with Gasteiger partial charge in [-0.2, -0.15) is 13.2 Å². The molecular formula is C17H16F4N2O2. The zero-order chi connectivity index (χ0) is 18.6. The van der Waals surface area contributed by atoms with Crippen molar-refractivity contribution >= 4 is 11.7 Å². The molecule has 25 heavy (non-hydrogen) atoms. The molecule has 4 nitrogen and oxygen atoms in total. The summed E-state index contributed by atoms with van der Waals surface area (Å²) in [7, 11) is 1.39. The molecule has 0 aromatic heterocycles. The highest BCUT2D eigenvalue weighted by Crippen LogP contribution is 2.30. The number of rotatable bonds is 4. The third-order valence-corrected chi connectivity index (χ3v) is 3.66. The van der Waals surface area contributed by atoms with E-state index in [1.807, 2.05) is 0 Å². The summed E-state index contributed by atoms with van der Waals surface area (Å²) in [6, 6.07) is 7.96. The molecule has 2 aromatic rings. The summed E-state index contributed by atoms with van der Waals surface area (Å²) in [6.45, 7) is -0.444. The highest BCUT2D eigenvalue weighted by molar-refractivity contribution is 5.89. The number of urea groups is 1. The zero-order valence-corrected chi connectivity index (χ0v) is 13.2. The molecule has 0 bridgehead atoms. The first-order valence-corrected chi connectivity index (χ1v) is 7.29. The fraction of sp³-hybridized carbons (Fsp3) is 0.235. The van der Waals surface area contributed by atoms with Crippen molar-refractivity contribution in [1.29, 1.82) is 0 Å². The van der Waals surface area contributed by atoms with E-state index >= 15 is 0 Å². The van der Waals surface area contributed by atoms with Gasteiger partial charge in [0.05, 0.1) is 18.2 Å². The van der Waals surface area contributed by atoms with Gasteiger partial charge in [-0.3, -0.25) is 0 Å². The number of carbonyl (C=O) groups excluding carboxylic acids is 1. The average Bonchev–Trinajstić information content (AvgIpc) is 2.55. The Hall–Kier alpha value is -2.61. The first-order chi connectivity index (χ1) is 11.7. The molecule has 0 radical (unpaired) electrons. The summed E-state index contributed by atoms with van der Waals surface area (Å²) in [5.41, 5.74) is -0.264. The van der Waals surface area contributed by atoms with Crippen LogP contribution in [0.3, 0.4) is 0 Å². The lowest BCUT2D eigenvalue weighted by molar-refractivity contribution is -0.137. The average molecular weight is 356 g/mol. The molecule has 8 heteroatoms. The smallest absolute Gasteiger partial charge is 0.394 e. The highest BCUT2D eigenvalue weighted by Gasteiger charge is 2.30. The standard InChI is InChI=1S/C17H16F4N2O2/c1-23(15(10-24)11-3-2-4-13(18)9-11)16(25)22-14-7-5-12(6-8-14)17(19,20)21/h2-9,15,24H,10H2,1H3,(H,22,25)/t15-/m0/s1. The topological polar surface area (TPSA) is 52.6 Å². The van der Waals surface area contributed by atoms with Crippen LogP contribution >= 0.6 is 0 Å². The number of benzene rings is 2. The van der Waals surface area contributed by atoms with Gasteiger partial charge in [-0.15, -0.1) is 0 Å². The maximum absolute atomic E-state index is 13.3. The van der Waals surface area contributed by atoms with Crippen molar-refractivity contribution in [2.75, 3.05) is 19.0 Å². The SMILES string of the molecule is CN(C(=O)Nc1ccc(C(F)(F)F)cc1)[C@@H](CO)c1cccc(F)c1. The van der Waals surface area contributed by atoms with Crippen LogP contribution in [-0.4, -0.2) is 29.7 Å². The maximum Gasteiger partial charge on any atom is 0.416 e. The molecule has 1 atom stereocenters. The van der Waals surface area contributed by atoms with E-state index in [1.54, 1.807) is 6.07 Å². The van der Waals surface area contributed by atoms with Gasteiger partial charge in [0, 0.05) is 12.7 Å². The number of carbonyl (C=O) groups is 1. The molecule has 0 saturated carbocycles.